The average Bonchev–Trinajstić information content (AvgIpc) is 2.74. The summed E-state index contributed by atoms with van der Waals surface area (Å²) in [5.74, 6) is -0.187. The molecular formula is C20H20ClN3O4S. The number of carbonyl (C=O) groups is 1. The Hall–Kier alpha value is -2.60. The first-order valence-corrected chi connectivity index (χ1v) is 10.8. The number of benzene rings is 2. The summed E-state index contributed by atoms with van der Waals surface area (Å²) in [7, 11) is -2.19. The molecular weight excluding hydrogens is 414 g/mol. The molecule has 1 atom stereocenters. The topological polar surface area (TPSA) is 99.5 Å². The number of carbonyl (C=O) groups excluding carboxylic acids is 1. The molecule has 0 aromatic heterocycles. The van der Waals surface area contributed by atoms with Crippen LogP contribution in [-0.4, -0.2) is 38.8 Å². The van der Waals surface area contributed by atoms with Gasteiger partial charge >= 0.3 is 0 Å². The summed E-state index contributed by atoms with van der Waals surface area (Å²) < 4.78 is 32.3. The summed E-state index contributed by atoms with van der Waals surface area (Å²) in [5.41, 5.74) is 0.785. The molecule has 7 nitrogen and oxygen atoms in total. The van der Waals surface area contributed by atoms with Gasteiger partial charge in [-0.05, 0) is 55.3 Å². The SMILES string of the molecule is COc1ccc(S(=O)(=O)N2CCC[C@@H](C(=O)Nc3ccc(C#N)c(Cl)c3)C2)cc1. The van der Waals surface area contributed by atoms with Crippen molar-refractivity contribution in [1.82, 2.24) is 4.31 Å². The fourth-order valence-corrected chi connectivity index (χ4v) is 4.95. The molecule has 0 unspecified atom stereocenters. The highest BCUT2D eigenvalue weighted by Gasteiger charge is 2.33. The number of ether oxygens (including phenoxy) is 1. The molecule has 1 saturated heterocycles. The average molecular weight is 434 g/mol. The van der Waals surface area contributed by atoms with Crippen molar-refractivity contribution < 1.29 is 17.9 Å². The van der Waals surface area contributed by atoms with Crippen LogP contribution >= 0.6 is 11.6 Å². The van der Waals surface area contributed by atoms with E-state index in [1.165, 1.54) is 35.7 Å². The molecule has 152 valence electrons. The standard InChI is InChI=1S/C20H20ClN3O4S/c1-28-17-6-8-18(9-7-17)29(26,27)24-10-2-3-15(13-24)20(25)23-16-5-4-14(12-22)19(21)11-16/h4-9,11,15H,2-3,10,13H2,1H3,(H,23,25)/t15-/m1/s1. The quantitative estimate of drug-likeness (QED) is 0.780. The van der Waals surface area contributed by atoms with Crippen LogP contribution in [0.5, 0.6) is 5.75 Å². The zero-order valence-corrected chi connectivity index (χ0v) is 17.3. The number of piperidine rings is 1. The normalized spacial score (nSPS) is 17.3. The first kappa shape index (κ1) is 21.1. The minimum absolute atomic E-state index is 0.101. The molecule has 1 aliphatic heterocycles. The molecule has 1 fully saturated rings. The zero-order valence-electron chi connectivity index (χ0n) is 15.8. The summed E-state index contributed by atoms with van der Waals surface area (Å²) in [6, 6.07) is 12.8. The maximum Gasteiger partial charge on any atom is 0.243 e. The Morgan fingerprint density at radius 3 is 2.62 bits per heavy atom. The summed E-state index contributed by atoms with van der Waals surface area (Å²) in [4.78, 5) is 12.8. The Labute approximate surface area is 174 Å². The second-order valence-electron chi connectivity index (χ2n) is 6.67. The maximum atomic E-state index is 12.9. The number of sulfonamides is 1. The van der Waals surface area contributed by atoms with Crippen molar-refractivity contribution in [3.8, 4) is 11.8 Å². The van der Waals surface area contributed by atoms with Crippen LogP contribution in [0.2, 0.25) is 5.02 Å². The molecule has 3 rings (SSSR count). The zero-order chi connectivity index (χ0) is 21.0. The van der Waals surface area contributed by atoms with Gasteiger partial charge in [0, 0.05) is 18.8 Å². The van der Waals surface area contributed by atoms with Crippen LogP contribution in [0.1, 0.15) is 18.4 Å². The van der Waals surface area contributed by atoms with E-state index in [2.05, 4.69) is 5.32 Å². The number of nitrogens with one attached hydrogen (secondary N) is 1. The van der Waals surface area contributed by atoms with Crippen molar-refractivity contribution >= 4 is 33.2 Å². The Bertz CT molecular complexity index is 1050. The molecule has 2 aromatic rings. The molecule has 1 aliphatic rings. The van der Waals surface area contributed by atoms with Gasteiger partial charge in [0.2, 0.25) is 15.9 Å². The number of rotatable bonds is 5. The van der Waals surface area contributed by atoms with Gasteiger partial charge in [0.15, 0.2) is 0 Å². The smallest absolute Gasteiger partial charge is 0.243 e. The van der Waals surface area contributed by atoms with Crippen molar-refractivity contribution in [1.29, 1.82) is 5.26 Å². The van der Waals surface area contributed by atoms with E-state index in [1.54, 1.807) is 18.2 Å². The van der Waals surface area contributed by atoms with Crippen molar-refractivity contribution in [2.24, 2.45) is 5.92 Å². The van der Waals surface area contributed by atoms with Crippen LogP contribution < -0.4 is 10.1 Å². The number of hydrogen-bond acceptors (Lipinski definition) is 5. The highest BCUT2D eigenvalue weighted by molar-refractivity contribution is 7.89. The third-order valence-corrected chi connectivity index (χ3v) is 7.00. The number of amides is 1. The summed E-state index contributed by atoms with van der Waals surface area (Å²) in [5, 5.41) is 11.9. The number of nitriles is 1. The Morgan fingerprint density at radius 1 is 1.28 bits per heavy atom. The van der Waals surface area contributed by atoms with E-state index in [0.717, 1.165) is 0 Å². The molecule has 29 heavy (non-hydrogen) atoms. The minimum Gasteiger partial charge on any atom is -0.497 e. The largest absolute Gasteiger partial charge is 0.497 e. The first-order chi connectivity index (χ1) is 13.8. The monoisotopic (exact) mass is 433 g/mol. The Kier molecular flexibility index (Phi) is 6.42. The maximum absolute atomic E-state index is 12.9. The highest BCUT2D eigenvalue weighted by Crippen LogP contribution is 2.27. The van der Waals surface area contributed by atoms with E-state index < -0.39 is 15.9 Å². The van der Waals surface area contributed by atoms with Gasteiger partial charge in [0.25, 0.3) is 0 Å². The van der Waals surface area contributed by atoms with Crippen LogP contribution in [0, 0.1) is 17.2 Å². The molecule has 0 spiro atoms. The van der Waals surface area contributed by atoms with Crippen molar-refractivity contribution in [2.45, 2.75) is 17.7 Å². The first-order valence-electron chi connectivity index (χ1n) is 9.00. The number of anilines is 1. The lowest BCUT2D eigenvalue weighted by Crippen LogP contribution is -2.43. The predicted octanol–water partition coefficient (Wildman–Crippen LogP) is 3.26. The molecule has 9 heteroatoms. The molecule has 2 aromatic carbocycles. The number of methoxy groups -OCH3 is 1. The van der Waals surface area contributed by atoms with E-state index in [9.17, 15) is 13.2 Å². The van der Waals surface area contributed by atoms with Crippen LogP contribution in [0.4, 0.5) is 5.69 Å². The van der Waals surface area contributed by atoms with Crippen molar-refractivity contribution in [3.05, 3.63) is 53.1 Å². The minimum atomic E-state index is -3.70. The van der Waals surface area contributed by atoms with E-state index in [4.69, 9.17) is 21.6 Å². The van der Waals surface area contributed by atoms with Gasteiger partial charge in [-0.2, -0.15) is 9.57 Å². The van der Waals surface area contributed by atoms with Gasteiger partial charge in [-0.25, -0.2) is 8.42 Å². The molecule has 1 heterocycles. The molecule has 1 amide bonds. The van der Waals surface area contributed by atoms with E-state index >= 15 is 0 Å². The Morgan fingerprint density at radius 2 is 2.00 bits per heavy atom. The van der Waals surface area contributed by atoms with Gasteiger partial charge in [-0.1, -0.05) is 11.6 Å². The summed E-state index contributed by atoms with van der Waals surface area (Å²) in [6.45, 7) is 0.463. The lowest BCUT2D eigenvalue weighted by Gasteiger charge is -2.31. The van der Waals surface area contributed by atoms with E-state index in [-0.39, 0.29) is 22.4 Å². The fourth-order valence-electron chi connectivity index (χ4n) is 3.20. The lowest BCUT2D eigenvalue weighted by molar-refractivity contribution is -0.120. The van der Waals surface area contributed by atoms with Gasteiger partial charge in [0.05, 0.1) is 28.5 Å². The number of halogens is 1. The molecule has 0 radical (unpaired) electrons. The second kappa shape index (κ2) is 8.82. The molecule has 0 aliphatic carbocycles. The van der Waals surface area contributed by atoms with E-state index in [1.807, 2.05) is 6.07 Å². The van der Waals surface area contributed by atoms with Gasteiger partial charge in [0.1, 0.15) is 11.8 Å². The van der Waals surface area contributed by atoms with E-state index in [0.29, 0.717) is 36.4 Å². The molecule has 1 N–H and O–H groups in total. The van der Waals surface area contributed by atoms with Crippen molar-refractivity contribution in [2.75, 3.05) is 25.5 Å². The summed E-state index contributed by atoms with van der Waals surface area (Å²) >= 11 is 6.00. The lowest BCUT2D eigenvalue weighted by atomic mass is 9.98. The third kappa shape index (κ3) is 4.70. The Balaban J connectivity index is 1.71. The number of hydrogen-bond donors (Lipinski definition) is 1. The molecule has 0 bridgehead atoms. The van der Waals surface area contributed by atoms with Crippen LogP contribution in [0.25, 0.3) is 0 Å². The molecule has 0 saturated carbocycles. The predicted molar refractivity (Wildman–Crippen MR) is 109 cm³/mol. The summed E-state index contributed by atoms with van der Waals surface area (Å²) in [6.07, 6.45) is 1.17. The van der Waals surface area contributed by atoms with Gasteiger partial charge < -0.3 is 10.1 Å². The van der Waals surface area contributed by atoms with Gasteiger partial charge in [-0.3, -0.25) is 4.79 Å². The van der Waals surface area contributed by atoms with Crippen LogP contribution in [0.3, 0.4) is 0 Å². The van der Waals surface area contributed by atoms with Gasteiger partial charge in [-0.15, -0.1) is 0 Å². The number of nitrogens with zero attached hydrogens (tertiary/aromatic N) is 2. The van der Waals surface area contributed by atoms with Crippen molar-refractivity contribution in [3.63, 3.8) is 0 Å². The highest BCUT2D eigenvalue weighted by atomic mass is 35.5. The third-order valence-electron chi connectivity index (χ3n) is 4.81. The van der Waals surface area contributed by atoms with Crippen LogP contribution in [0.15, 0.2) is 47.4 Å². The van der Waals surface area contributed by atoms with Crippen LogP contribution in [-0.2, 0) is 14.8 Å². The second-order valence-corrected chi connectivity index (χ2v) is 9.02. The fraction of sp³-hybridized carbons (Fsp3) is 0.300.